The summed E-state index contributed by atoms with van der Waals surface area (Å²) >= 11 is 0. The van der Waals surface area contributed by atoms with Gasteiger partial charge >= 0.3 is 5.97 Å². The quantitative estimate of drug-likeness (QED) is 0.862. The van der Waals surface area contributed by atoms with Crippen molar-refractivity contribution < 1.29 is 14.7 Å². The highest BCUT2D eigenvalue weighted by molar-refractivity contribution is 5.86. The Morgan fingerprint density at radius 1 is 1.37 bits per heavy atom. The molecule has 7 heteroatoms. The number of rotatable bonds is 3. The van der Waals surface area contributed by atoms with Gasteiger partial charge in [0.15, 0.2) is 5.69 Å². The van der Waals surface area contributed by atoms with Crippen molar-refractivity contribution in [3.05, 3.63) is 11.4 Å². The fourth-order valence-electron chi connectivity index (χ4n) is 2.19. The highest BCUT2D eigenvalue weighted by atomic mass is 16.4. The number of aromatic carboxylic acids is 1. The number of aromatic nitrogens is 3. The number of amides is 1. The van der Waals surface area contributed by atoms with Crippen LogP contribution in [0.5, 0.6) is 0 Å². The van der Waals surface area contributed by atoms with Crippen molar-refractivity contribution in [1.82, 2.24) is 19.9 Å². The molecule has 0 bridgehead atoms. The molecule has 0 radical (unpaired) electrons. The van der Waals surface area contributed by atoms with Gasteiger partial charge < -0.3 is 10.0 Å². The molecule has 104 valence electrons. The predicted molar refractivity (Wildman–Crippen MR) is 66.7 cm³/mol. The molecule has 0 spiro atoms. The van der Waals surface area contributed by atoms with Crippen LogP contribution in [0.2, 0.25) is 0 Å². The molecule has 1 saturated heterocycles. The number of carbonyl (C=O) groups excluding carboxylic acids is 1. The molecule has 0 aromatic carbocycles. The second-order valence-electron chi connectivity index (χ2n) is 5.05. The molecule has 1 aliphatic heterocycles. The third-order valence-electron chi connectivity index (χ3n) is 3.61. The van der Waals surface area contributed by atoms with Crippen LogP contribution < -0.4 is 0 Å². The zero-order valence-corrected chi connectivity index (χ0v) is 11.2. The second-order valence-corrected chi connectivity index (χ2v) is 5.05. The van der Waals surface area contributed by atoms with E-state index in [9.17, 15) is 9.59 Å². The largest absolute Gasteiger partial charge is 0.476 e. The highest BCUT2D eigenvalue weighted by Crippen LogP contribution is 2.16. The molecular weight excluding hydrogens is 248 g/mol. The van der Waals surface area contributed by atoms with Gasteiger partial charge in [-0.2, -0.15) is 0 Å². The maximum absolute atomic E-state index is 12.1. The van der Waals surface area contributed by atoms with Gasteiger partial charge in [0.1, 0.15) is 6.54 Å². The van der Waals surface area contributed by atoms with Gasteiger partial charge in [-0.3, -0.25) is 4.79 Å². The lowest BCUT2D eigenvalue weighted by Gasteiger charge is -2.30. The van der Waals surface area contributed by atoms with Gasteiger partial charge in [-0.05, 0) is 25.7 Å². The minimum absolute atomic E-state index is 0.0307. The molecule has 2 heterocycles. The maximum Gasteiger partial charge on any atom is 0.358 e. The van der Waals surface area contributed by atoms with Crippen LogP contribution in [0.25, 0.3) is 0 Å². The molecule has 0 atom stereocenters. The minimum atomic E-state index is -1.12. The smallest absolute Gasteiger partial charge is 0.358 e. The number of hydrogen-bond acceptors (Lipinski definition) is 4. The molecule has 0 aliphatic carbocycles. The first-order valence-electron chi connectivity index (χ1n) is 6.40. The number of piperidine rings is 1. The van der Waals surface area contributed by atoms with E-state index in [0.29, 0.717) is 11.6 Å². The average Bonchev–Trinajstić information content (AvgIpc) is 2.72. The van der Waals surface area contributed by atoms with E-state index in [1.165, 1.54) is 4.68 Å². The summed E-state index contributed by atoms with van der Waals surface area (Å²) in [6.07, 6.45) is 2.03. The van der Waals surface area contributed by atoms with Crippen molar-refractivity contribution in [2.24, 2.45) is 5.92 Å². The van der Waals surface area contributed by atoms with E-state index in [1.807, 2.05) is 4.90 Å². The molecule has 1 aromatic rings. The molecule has 0 unspecified atom stereocenters. The second kappa shape index (κ2) is 5.38. The number of carbonyl (C=O) groups is 2. The molecule has 1 amide bonds. The molecule has 2 rings (SSSR count). The van der Waals surface area contributed by atoms with Crippen LogP contribution in [0, 0.1) is 12.8 Å². The Kier molecular flexibility index (Phi) is 3.82. The number of carboxylic acids is 1. The Labute approximate surface area is 111 Å². The molecule has 1 fully saturated rings. The van der Waals surface area contributed by atoms with Gasteiger partial charge in [0.2, 0.25) is 5.91 Å². The summed E-state index contributed by atoms with van der Waals surface area (Å²) < 4.78 is 1.35. The van der Waals surface area contributed by atoms with Crippen molar-refractivity contribution in [1.29, 1.82) is 0 Å². The van der Waals surface area contributed by atoms with E-state index >= 15 is 0 Å². The highest BCUT2D eigenvalue weighted by Gasteiger charge is 2.22. The normalized spacial score (nSPS) is 16.6. The maximum atomic E-state index is 12.1. The summed E-state index contributed by atoms with van der Waals surface area (Å²) in [6, 6.07) is 0. The van der Waals surface area contributed by atoms with E-state index in [2.05, 4.69) is 17.2 Å². The number of likely N-dealkylation sites (tertiary alicyclic amines) is 1. The van der Waals surface area contributed by atoms with Gasteiger partial charge in [-0.15, -0.1) is 5.10 Å². The minimum Gasteiger partial charge on any atom is -0.476 e. The van der Waals surface area contributed by atoms with Gasteiger partial charge in [-0.1, -0.05) is 12.1 Å². The lowest BCUT2D eigenvalue weighted by molar-refractivity contribution is -0.133. The van der Waals surface area contributed by atoms with Crippen LogP contribution in [0.1, 0.15) is 35.9 Å². The first-order valence-corrected chi connectivity index (χ1v) is 6.40. The summed E-state index contributed by atoms with van der Waals surface area (Å²) in [5.41, 5.74) is 0.311. The average molecular weight is 266 g/mol. The topological polar surface area (TPSA) is 88.3 Å². The molecule has 1 aliphatic rings. The molecular formula is C12H18N4O3. The lowest BCUT2D eigenvalue weighted by Crippen LogP contribution is -2.40. The molecule has 19 heavy (non-hydrogen) atoms. The van der Waals surface area contributed by atoms with Crippen LogP contribution >= 0.6 is 0 Å². The van der Waals surface area contributed by atoms with Crippen molar-refractivity contribution in [2.45, 2.75) is 33.2 Å². The van der Waals surface area contributed by atoms with Crippen molar-refractivity contribution in [2.75, 3.05) is 13.1 Å². The fourth-order valence-corrected chi connectivity index (χ4v) is 2.19. The number of hydrogen-bond donors (Lipinski definition) is 1. The summed E-state index contributed by atoms with van der Waals surface area (Å²) in [5, 5.41) is 16.2. The summed E-state index contributed by atoms with van der Waals surface area (Å²) in [7, 11) is 0. The Hall–Kier alpha value is -1.92. The van der Waals surface area contributed by atoms with Crippen LogP contribution in [0.15, 0.2) is 0 Å². The van der Waals surface area contributed by atoms with E-state index in [1.54, 1.807) is 6.92 Å². The molecule has 0 saturated carbocycles. The third kappa shape index (κ3) is 2.91. The molecule has 1 N–H and O–H groups in total. The third-order valence-corrected chi connectivity index (χ3v) is 3.61. The Morgan fingerprint density at radius 3 is 2.53 bits per heavy atom. The van der Waals surface area contributed by atoms with Crippen LogP contribution in [-0.4, -0.2) is 50.0 Å². The zero-order valence-electron chi connectivity index (χ0n) is 11.2. The van der Waals surface area contributed by atoms with E-state index < -0.39 is 5.97 Å². The Bertz CT molecular complexity index is 489. The molecule has 1 aromatic heterocycles. The Balaban J connectivity index is 2.01. The SMILES string of the molecule is Cc1c(C(=O)O)nnn1CC(=O)N1CCC(C)CC1. The monoisotopic (exact) mass is 266 g/mol. The number of carboxylic acid groups (broad SMARTS) is 1. The zero-order chi connectivity index (χ0) is 14.0. The van der Waals surface area contributed by atoms with Gasteiger partial charge in [-0.25, -0.2) is 9.48 Å². The van der Waals surface area contributed by atoms with Gasteiger partial charge in [0.05, 0.1) is 5.69 Å². The van der Waals surface area contributed by atoms with Crippen molar-refractivity contribution >= 4 is 11.9 Å². The van der Waals surface area contributed by atoms with Crippen LogP contribution in [-0.2, 0) is 11.3 Å². The number of nitrogens with zero attached hydrogens (tertiary/aromatic N) is 4. The first-order chi connectivity index (χ1) is 8.99. The standard InChI is InChI=1S/C12H18N4O3/c1-8-3-5-15(6-4-8)10(17)7-16-9(2)11(12(18)19)13-14-16/h8H,3-7H2,1-2H3,(H,18,19). The summed E-state index contributed by atoms with van der Waals surface area (Å²) in [4.78, 5) is 24.7. The molecule has 7 nitrogen and oxygen atoms in total. The van der Waals surface area contributed by atoms with Crippen LogP contribution in [0.4, 0.5) is 0 Å². The predicted octanol–water partition coefficient (Wildman–Crippen LogP) is 0.543. The lowest BCUT2D eigenvalue weighted by atomic mass is 9.99. The fraction of sp³-hybridized carbons (Fsp3) is 0.667. The Morgan fingerprint density at radius 2 is 2.00 bits per heavy atom. The summed E-state index contributed by atoms with van der Waals surface area (Å²) in [6.45, 7) is 5.37. The van der Waals surface area contributed by atoms with E-state index in [0.717, 1.165) is 25.9 Å². The van der Waals surface area contributed by atoms with Gasteiger partial charge in [0, 0.05) is 13.1 Å². The van der Waals surface area contributed by atoms with E-state index in [-0.39, 0.29) is 18.1 Å². The van der Waals surface area contributed by atoms with Crippen molar-refractivity contribution in [3.8, 4) is 0 Å². The summed E-state index contributed by atoms with van der Waals surface area (Å²) in [5.74, 6) is -0.490. The van der Waals surface area contributed by atoms with E-state index in [4.69, 9.17) is 5.11 Å². The van der Waals surface area contributed by atoms with Gasteiger partial charge in [0.25, 0.3) is 0 Å². The van der Waals surface area contributed by atoms with Crippen molar-refractivity contribution in [3.63, 3.8) is 0 Å². The van der Waals surface area contributed by atoms with Crippen LogP contribution in [0.3, 0.4) is 0 Å². The first kappa shape index (κ1) is 13.5.